The summed E-state index contributed by atoms with van der Waals surface area (Å²) in [6.07, 6.45) is -1.81. The Morgan fingerprint density at radius 2 is 1.57 bits per heavy atom. The molecule has 5 nitrogen and oxygen atoms in total. The van der Waals surface area contributed by atoms with Crippen molar-refractivity contribution >= 4 is 23.2 Å². The van der Waals surface area contributed by atoms with Gasteiger partial charge < -0.3 is 10.6 Å². The second kappa shape index (κ2) is 7.67. The van der Waals surface area contributed by atoms with E-state index < -0.39 is 11.7 Å². The summed E-state index contributed by atoms with van der Waals surface area (Å²) in [4.78, 5) is 20.4. The van der Waals surface area contributed by atoms with E-state index in [1.54, 1.807) is 0 Å². The molecule has 28 heavy (non-hydrogen) atoms. The third kappa shape index (κ3) is 4.46. The van der Waals surface area contributed by atoms with Crippen molar-refractivity contribution in [1.82, 2.24) is 9.97 Å². The standard InChI is InChI=1S/C20H17F3N4O/c1-12-5-3-6-13(2)17(12)27-18(28)14-10-24-19(25-11-14)26-16-8-4-7-15(9-16)20(21,22)23/h3-11H,1-2H3,(H,27,28)(H,24,25,26). The van der Waals surface area contributed by atoms with Crippen molar-refractivity contribution < 1.29 is 18.0 Å². The number of benzene rings is 2. The maximum absolute atomic E-state index is 12.8. The van der Waals surface area contributed by atoms with Gasteiger partial charge in [-0.2, -0.15) is 13.2 Å². The number of carbonyl (C=O) groups is 1. The van der Waals surface area contributed by atoms with Crippen LogP contribution in [0.25, 0.3) is 0 Å². The van der Waals surface area contributed by atoms with Crippen molar-refractivity contribution in [2.45, 2.75) is 20.0 Å². The average Bonchev–Trinajstić information content (AvgIpc) is 2.65. The van der Waals surface area contributed by atoms with E-state index in [-0.39, 0.29) is 23.1 Å². The minimum atomic E-state index is -4.44. The first kappa shape index (κ1) is 19.3. The van der Waals surface area contributed by atoms with Crippen molar-refractivity contribution in [1.29, 1.82) is 0 Å². The molecular formula is C20H17F3N4O. The second-order valence-corrected chi connectivity index (χ2v) is 6.22. The van der Waals surface area contributed by atoms with E-state index >= 15 is 0 Å². The van der Waals surface area contributed by atoms with Crippen LogP contribution in [0.3, 0.4) is 0 Å². The van der Waals surface area contributed by atoms with Gasteiger partial charge >= 0.3 is 6.18 Å². The smallest absolute Gasteiger partial charge is 0.324 e. The fourth-order valence-corrected chi connectivity index (χ4v) is 2.61. The molecule has 3 aromatic rings. The van der Waals surface area contributed by atoms with Crippen molar-refractivity contribution in [2.24, 2.45) is 0 Å². The van der Waals surface area contributed by atoms with Crippen molar-refractivity contribution in [3.05, 3.63) is 77.1 Å². The molecule has 0 saturated carbocycles. The Morgan fingerprint density at radius 3 is 2.18 bits per heavy atom. The zero-order chi connectivity index (χ0) is 20.3. The van der Waals surface area contributed by atoms with Gasteiger partial charge in [0.05, 0.1) is 11.1 Å². The lowest BCUT2D eigenvalue weighted by Gasteiger charge is -2.12. The lowest BCUT2D eigenvalue weighted by Crippen LogP contribution is -2.14. The number of para-hydroxylation sites is 1. The van der Waals surface area contributed by atoms with E-state index in [0.717, 1.165) is 28.9 Å². The van der Waals surface area contributed by atoms with Crippen LogP contribution in [-0.2, 0) is 6.18 Å². The molecule has 1 heterocycles. The van der Waals surface area contributed by atoms with Crippen molar-refractivity contribution in [2.75, 3.05) is 10.6 Å². The first-order valence-electron chi connectivity index (χ1n) is 8.38. The van der Waals surface area contributed by atoms with Crippen LogP contribution < -0.4 is 10.6 Å². The molecule has 0 fully saturated rings. The Kier molecular flexibility index (Phi) is 5.30. The number of halogens is 3. The van der Waals surface area contributed by atoms with Crippen LogP contribution in [0.2, 0.25) is 0 Å². The monoisotopic (exact) mass is 386 g/mol. The van der Waals surface area contributed by atoms with Gasteiger partial charge in [-0.3, -0.25) is 4.79 Å². The molecule has 1 aromatic heterocycles. The van der Waals surface area contributed by atoms with Gasteiger partial charge in [-0.25, -0.2) is 9.97 Å². The first-order chi connectivity index (χ1) is 13.2. The number of alkyl halides is 3. The van der Waals surface area contributed by atoms with Gasteiger partial charge in [-0.15, -0.1) is 0 Å². The van der Waals surface area contributed by atoms with E-state index in [9.17, 15) is 18.0 Å². The summed E-state index contributed by atoms with van der Waals surface area (Å²) in [5.74, 6) is -0.286. The zero-order valence-corrected chi connectivity index (χ0v) is 15.1. The minimum Gasteiger partial charge on any atom is -0.324 e. The molecule has 0 saturated heterocycles. The summed E-state index contributed by atoms with van der Waals surface area (Å²) in [6.45, 7) is 3.78. The first-order valence-corrected chi connectivity index (χ1v) is 8.38. The summed E-state index contributed by atoms with van der Waals surface area (Å²) in [6, 6.07) is 10.4. The molecule has 0 spiro atoms. The summed E-state index contributed by atoms with van der Waals surface area (Å²) in [7, 11) is 0. The normalized spacial score (nSPS) is 11.2. The van der Waals surface area contributed by atoms with Crippen LogP contribution in [0, 0.1) is 13.8 Å². The Bertz CT molecular complexity index is 981. The van der Waals surface area contributed by atoms with Crippen LogP contribution in [0.5, 0.6) is 0 Å². The van der Waals surface area contributed by atoms with Gasteiger partial charge in [0.15, 0.2) is 0 Å². The van der Waals surface area contributed by atoms with Gasteiger partial charge in [0.2, 0.25) is 5.95 Å². The van der Waals surface area contributed by atoms with Crippen LogP contribution in [0.1, 0.15) is 27.0 Å². The number of hydrogen-bond acceptors (Lipinski definition) is 4. The number of nitrogens with zero attached hydrogens (tertiary/aromatic N) is 2. The third-order valence-electron chi connectivity index (χ3n) is 4.08. The lowest BCUT2D eigenvalue weighted by atomic mass is 10.1. The fraction of sp³-hybridized carbons (Fsp3) is 0.150. The molecule has 0 bridgehead atoms. The van der Waals surface area contributed by atoms with Crippen LogP contribution >= 0.6 is 0 Å². The number of hydrogen-bond donors (Lipinski definition) is 2. The predicted molar refractivity (Wildman–Crippen MR) is 101 cm³/mol. The molecule has 3 rings (SSSR count). The number of rotatable bonds is 4. The number of nitrogens with one attached hydrogen (secondary N) is 2. The molecule has 2 N–H and O–H groups in total. The Hall–Kier alpha value is -3.42. The summed E-state index contributed by atoms with van der Waals surface area (Å²) in [5.41, 5.74) is 2.23. The van der Waals surface area contributed by atoms with Gasteiger partial charge in [0.25, 0.3) is 5.91 Å². The molecule has 0 aliphatic heterocycles. The van der Waals surface area contributed by atoms with Gasteiger partial charge in [-0.1, -0.05) is 24.3 Å². The van der Waals surface area contributed by atoms with E-state index in [1.807, 2.05) is 32.0 Å². The number of aryl methyl sites for hydroxylation is 2. The molecule has 0 aliphatic carbocycles. The number of carbonyl (C=O) groups excluding carboxylic acids is 1. The zero-order valence-electron chi connectivity index (χ0n) is 15.1. The highest BCUT2D eigenvalue weighted by Crippen LogP contribution is 2.31. The molecular weight excluding hydrogens is 369 g/mol. The van der Waals surface area contributed by atoms with Crippen LogP contribution in [0.15, 0.2) is 54.9 Å². The van der Waals surface area contributed by atoms with Gasteiger partial charge in [0.1, 0.15) is 0 Å². The van der Waals surface area contributed by atoms with Crippen LogP contribution in [0.4, 0.5) is 30.5 Å². The van der Waals surface area contributed by atoms with Crippen LogP contribution in [-0.4, -0.2) is 15.9 Å². The lowest BCUT2D eigenvalue weighted by molar-refractivity contribution is -0.137. The summed E-state index contributed by atoms with van der Waals surface area (Å²) < 4.78 is 38.3. The predicted octanol–water partition coefficient (Wildman–Crippen LogP) is 5.11. The van der Waals surface area contributed by atoms with E-state index in [0.29, 0.717) is 0 Å². The van der Waals surface area contributed by atoms with Crippen molar-refractivity contribution in [3.63, 3.8) is 0 Å². The van der Waals surface area contributed by atoms with E-state index in [4.69, 9.17) is 0 Å². The molecule has 2 aromatic carbocycles. The second-order valence-electron chi connectivity index (χ2n) is 6.22. The van der Waals surface area contributed by atoms with Gasteiger partial charge in [0, 0.05) is 23.8 Å². The molecule has 0 unspecified atom stereocenters. The largest absolute Gasteiger partial charge is 0.416 e. The summed E-state index contributed by atoms with van der Waals surface area (Å²) >= 11 is 0. The molecule has 144 valence electrons. The maximum atomic E-state index is 12.8. The number of anilines is 3. The molecule has 0 atom stereocenters. The number of aromatic nitrogens is 2. The van der Waals surface area contributed by atoms with Gasteiger partial charge in [-0.05, 0) is 43.2 Å². The third-order valence-corrected chi connectivity index (χ3v) is 4.08. The topological polar surface area (TPSA) is 66.9 Å². The highest BCUT2D eigenvalue weighted by atomic mass is 19.4. The van der Waals surface area contributed by atoms with E-state index in [2.05, 4.69) is 20.6 Å². The Labute approximate surface area is 159 Å². The highest BCUT2D eigenvalue weighted by molar-refractivity contribution is 6.04. The average molecular weight is 386 g/mol. The van der Waals surface area contributed by atoms with Crippen molar-refractivity contribution in [3.8, 4) is 0 Å². The Balaban J connectivity index is 1.72. The SMILES string of the molecule is Cc1cccc(C)c1NC(=O)c1cnc(Nc2cccc(C(F)(F)F)c2)nc1. The number of amides is 1. The molecule has 0 radical (unpaired) electrons. The van der Waals surface area contributed by atoms with E-state index in [1.165, 1.54) is 24.5 Å². The summed E-state index contributed by atoms with van der Waals surface area (Å²) in [5, 5.41) is 5.52. The quantitative estimate of drug-likeness (QED) is 0.654. The molecule has 1 amide bonds. The highest BCUT2D eigenvalue weighted by Gasteiger charge is 2.30. The Morgan fingerprint density at radius 1 is 0.964 bits per heavy atom. The molecule has 8 heteroatoms. The minimum absolute atomic E-state index is 0.0861. The maximum Gasteiger partial charge on any atom is 0.416 e. The fourth-order valence-electron chi connectivity index (χ4n) is 2.61. The molecule has 0 aliphatic rings.